The number of methoxy groups -OCH3 is 2. The van der Waals surface area contributed by atoms with Crippen molar-refractivity contribution in [1.29, 1.82) is 0 Å². The summed E-state index contributed by atoms with van der Waals surface area (Å²) in [5.74, 6) is -0.0338. The summed E-state index contributed by atoms with van der Waals surface area (Å²) in [5, 5.41) is 2.89. The van der Waals surface area contributed by atoms with E-state index in [2.05, 4.69) is 5.32 Å². The van der Waals surface area contributed by atoms with Gasteiger partial charge in [0.2, 0.25) is 21.8 Å². The molecule has 0 fully saturated rings. The number of carbonyl (C=O) groups excluding carboxylic acids is 2. The van der Waals surface area contributed by atoms with Crippen molar-refractivity contribution in [2.75, 3.05) is 49.7 Å². The number of amides is 2. The van der Waals surface area contributed by atoms with Gasteiger partial charge in [-0.15, -0.1) is 0 Å². The Labute approximate surface area is 218 Å². The molecule has 200 valence electrons. The highest BCUT2D eigenvalue weighted by Crippen LogP contribution is 2.42. The predicted octanol–water partition coefficient (Wildman–Crippen LogP) is 3.56. The van der Waals surface area contributed by atoms with Crippen molar-refractivity contribution in [2.24, 2.45) is 4.99 Å². The van der Waals surface area contributed by atoms with E-state index >= 15 is 0 Å². The fourth-order valence-electron chi connectivity index (χ4n) is 4.32. The quantitative estimate of drug-likeness (QED) is 0.444. The zero-order valence-corrected chi connectivity index (χ0v) is 22.9. The van der Waals surface area contributed by atoms with Gasteiger partial charge in [0.1, 0.15) is 12.5 Å². The van der Waals surface area contributed by atoms with Crippen LogP contribution in [0.4, 0.5) is 17.1 Å². The molecule has 1 heterocycles. The second kappa shape index (κ2) is 11.6. The Bertz CT molecular complexity index is 1290. The number of anilines is 2. The average Bonchev–Trinajstić information content (AvgIpc) is 3.19. The summed E-state index contributed by atoms with van der Waals surface area (Å²) in [4.78, 5) is 31.8. The number of nitrogens with zero attached hydrogens (tertiary/aromatic N) is 3. The number of ether oxygens (including phenoxy) is 2. The van der Waals surface area contributed by atoms with Gasteiger partial charge >= 0.3 is 0 Å². The van der Waals surface area contributed by atoms with E-state index in [1.807, 2.05) is 20.8 Å². The number of nitrogens with one attached hydrogen (secondary N) is 1. The Morgan fingerprint density at radius 2 is 1.62 bits per heavy atom. The molecular weight excluding hydrogens is 496 g/mol. The molecule has 0 aromatic heterocycles. The van der Waals surface area contributed by atoms with Crippen LogP contribution in [0.15, 0.2) is 41.4 Å². The second-order valence-electron chi connectivity index (χ2n) is 8.53. The average molecular weight is 531 g/mol. The van der Waals surface area contributed by atoms with Gasteiger partial charge in [-0.2, -0.15) is 0 Å². The van der Waals surface area contributed by atoms with Gasteiger partial charge in [0.25, 0.3) is 0 Å². The summed E-state index contributed by atoms with van der Waals surface area (Å²) in [6.07, 6.45) is 1.59. The molecule has 37 heavy (non-hydrogen) atoms. The van der Waals surface area contributed by atoms with E-state index in [9.17, 15) is 18.0 Å². The Hall–Kier alpha value is -3.60. The van der Waals surface area contributed by atoms with Crippen LogP contribution in [0.5, 0.6) is 11.5 Å². The fraction of sp³-hybridized carbons (Fsp3) is 0.423. The second-order valence-corrected chi connectivity index (χ2v) is 10.4. The highest BCUT2D eigenvalue weighted by atomic mass is 32.2. The largest absolute Gasteiger partial charge is 0.493 e. The van der Waals surface area contributed by atoms with Crippen LogP contribution in [0.1, 0.15) is 38.7 Å². The molecule has 0 saturated carbocycles. The normalized spacial score (nSPS) is 15.1. The minimum absolute atomic E-state index is 0.194. The molecule has 2 aromatic rings. The van der Waals surface area contributed by atoms with Gasteiger partial charge in [0, 0.05) is 30.6 Å². The van der Waals surface area contributed by atoms with Crippen molar-refractivity contribution >= 4 is 44.6 Å². The van der Waals surface area contributed by atoms with Crippen LogP contribution in [0.3, 0.4) is 0 Å². The van der Waals surface area contributed by atoms with Crippen molar-refractivity contribution in [2.45, 2.75) is 33.1 Å². The first-order valence-corrected chi connectivity index (χ1v) is 13.9. The molecule has 1 aliphatic heterocycles. The molecule has 1 aliphatic rings. The zero-order chi connectivity index (χ0) is 27.3. The first-order chi connectivity index (χ1) is 17.6. The van der Waals surface area contributed by atoms with Crippen molar-refractivity contribution < 1.29 is 27.5 Å². The lowest BCUT2D eigenvalue weighted by Gasteiger charge is -2.26. The maximum Gasteiger partial charge on any atom is 0.243 e. The summed E-state index contributed by atoms with van der Waals surface area (Å²) >= 11 is 0. The van der Waals surface area contributed by atoms with Crippen LogP contribution >= 0.6 is 0 Å². The molecule has 11 heteroatoms. The van der Waals surface area contributed by atoms with Crippen LogP contribution in [-0.2, 0) is 19.6 Å². The minimum Gasteiger partial charge on any atom is -0.493 e. The SMILES string of the molecule is CCC(=Nc1ccc(N(CC(=O)N(CC)CC)S(C)(=O)=O)cc1)C1C(=O)Nc2cc(OC)c(OC)cc21. The molecule has 0 saturated heterocycles. The standard InChI is InChI=1S/C26H34N4O6S/c1-7-20(25-19-14-22(35-4)23(36-5)15-21(19)28-26(25)32)27-17-10-12-18(13-11-17)30(37(6,33)34)16-24(31)29(8-2)9-3/h10-15,25H,7-9,16H2,1-6H3,(H,28,32). The van der Waals surface area contributed by atoms with Crippen LogP contribution in [0.25, 0.3) is 0 Å². The third-order valence-corrected chi connectivity index (χ3v) is 7.43. The van der Waals surface area contributed by atoms with E-state index in [1.54, 1.807) is 41.3 Å². The Morgan fingerprint density at radius 1 is 1.03 bits per heavy atom. The molecule has 1 atom stereocenters. The molecule has 10 nitrogen and oxygen atoms in total. The smallest absolute Gasteiger partial charge is 0.243 e. The number of benzene rings is 2. The van der Waals surface area contributed by atoms with E-state index in [0.717, 1.165) is 16.1 Å². The van der Waals surface area contributed by atoms with Gasteiger partial charge < -0.3 is 19.7 Å². The number of aliphatic imine (C=N–C) groups is 1. The Balaban J connectivity index is 1.92. The third-order valence-electron chi connectivity index (χ3n) is 6.29. The molecule has 0 aliphatic carbocycles. The number of fused-ring (bicyclic) bond motifs is 1. The zero-order valence-electron chi connectivity index (χ0n) is 22.1. The molecule has 0 spiro atoms. The fourth-order valence-corrected chi connectivity index (χ4v) is 5.17. The van der Waals surface area contributed by atoms with E-state index < -0.39 is 15.9 Å². The van der Waals surface area contributed by atoms with Crippen LogP contribution in [-0.4, -0.2) is 71.0 Å². The van der Waals surface area contributed by atoms with Crippen molar-refractivity contribution in [3.05, 3.63) is 42.0 Å². The van der Waals surface area contributed by atoms with Gasteiger partial charge in [-0.05, 0) is 56.2 Å². The lowest BCUT2D eigenvalue weighted by Crippen LogP contribution is -2.42. The molecule has 2 aromatic carbocycles. The summed E-state index contributed by atoms with van der Waals surface area (Å²) < 4.78 is 36.8. The molecule has 0 bridgehead atoms. The molecule has 0 radical (unpaired) electrons. The van der Waals surface area contributed by atoms with Gasteiger partial charge in [0.15, 0.2) is 11.5 Å². The van der Waals surface area contributed by atoms with Gasteiger partial charge in [0.05, 0.1) is 31.9 Å². The third kappa shape index (κ3) is 6.04. The summed E-state index contributed by atoms with van der Waals surface area (Å²) in [7, 11) is -0.625. The van der Waals surface area contributed by atoms with E-state index in [0.29, 0.717) is 53.8 Å². The topological polar surface area (TPSA) is 118 Å². The van der Waals surface area contributed by atoms with E-state index in [1.165, 1.54) is 14.2 Å². The lowest BCUT2D eigenvalue weighted by molar-refractivity contribution is -0.129. The molecule has 3 rings (SSSR count). The number of rotatable bonds is 11. The first kappa shape index (κ1) is 28.0. The molecular formula is C26H34N4O6S. The van der Waals surface area contributed by atoms with Gasteiger partial charge in [-0.1, -0.05) is 6.92 Å². The van der Waals surface area contributed by atoms with Crippen molar-refractivity contribution in [1.82, 2.24) is 4.90 Å². The summed E-state index contributed by atoms with van der Waals surface area (Å²) in [5.41, 5.74) is 2.96. The summed E-state index contributed by atoms with van der Waals surface area (Å²) in [6, 6.07) is 10.1. The van der Waals surface area contributed by atoms with Crippen molar-refractivity contribution in [3.63, 3.8) is 0 Å². The van der Waals surface area contributed by atoms with Gasteiger partial charge in [-0.3, -0.25) is 18.9 Å². The molecule has 1 unspecified atom stereocenters. The van der Waals surface area contributed by atoms with Crippen LogP contribution < -0.4 is 19.1 Å². The molecule has 2 amide bonds. The number of carbonyl (C=O) groups is 2. The number of sulfonamides is 1. The van der Waals surface area contributed by atoms with E-state index in [-0.39, 0.29) is 18.4 Å². The van der Waals surface area contributed by atoms with E-state index in [4.69, 9.17) is 14.5 Å². The minimum atomic E-state index is -3.69. The predicted molar refractivity (Wildman–Crippen MR) is 145 cm³/mol. The number of hydrogen-bond acceptors (Lipinski definition) is 7. The number of likely N-dealkylation sites (N-methyl/N-ethyl adjacent to an activating group) is 1. The Morgan fingerprint density at radius 3 is 2.14 bits per heavy atom. The molecule has 1 N–H and O–H groups in total. The Kier molecular flexibility index (Phi) is 8.80. The van der Waals surface area contributed by atoms with Crippen LogP contribution in [0.2, 0.25) is 0 Å². The first-order valence-electron chi connectivity index (χ1n) is 12.1. The number of hydrogen-bond donors (Lipinski definition) is 1. The summed E-state index contributed by atoms with van der Waals surface area (Å²) in [6.45, 7) is 6.32. The van der Waals surface area contributed by atoms with Crippen LogP contribution in [0, 0.1) is 0 Å². The van der Waals surface area contributed by atoms with Crippen molar-refractivity contribution in [3.8, 4) is 11.5 Å². The maximum absolute atomic E-state index is 12.9. The highest BCUT2D eigenvalue weighted by molar-refractivity contribution is 7.92. The highest BCUT2D eigenvalue weighted by Gasteiger charge is 2.35. The van der Waals surface area contributed by atoms with Gasteiger partial charge in [-0.25, -0.2) is 8.42 Å². The lowest BCUT2D eigenvalue weighted by atomic mass is 9.93. The maximum atomic E-state index is 12.9. The monoisotopic (exact) mass is 530 g/mol.